The minimum Gasteiger partial charge on any atom is -0.396 e. The van der Waals surface area contributed by atoms with E-state index >= 15 is 0 Å². The molecular formula is C10H13N5S. The van der Waals surface area contributed by atoms with Crippen LogP contribution in [0.3, 0.4) is 0 Å². The highest BCUT2D eigenvalue weighted by molar-refractivity contribution is 7.09. The second-order valence-corrected chi connectivity index (χ2v) is 4.59. The third-order valence-corrected chi connectivity index (χ3v) is 2.89. The standard InChI is InChI=1S/C10H13N5S/c1-7-14-9(6-16-7)5-15(2)10-12-3-8(11)4-13-10/h3-4,6H,5,11H2,1-2H3. The molecule has 0 saturated heterocycles. The van der Waals surface area contributed by atoms with Crippen molar-refractivity contribution in [3.05, 3.63) is 28.5 Å². The molecule has 0 fully saturated rings. The highest BCUT2D eigenvalue weighted by Gasteiger charge is 2.06. The van der Waals surface area contributed by atoms with Crippen molar-refractivity contribution in [2.24, 2.45) is 0 Å². The van der Waals surface area contributed by atoms with Gasteiger partial charge in [-0.1, -0.05) is 0 Å². The predicted octanol–water partition coefficient (Wildman–Crippen LogP) is 1.46. The van der Waals surface area contributed by atoms with Gasteiger partial charge in [-0.3, -0.25) is 0 Å². The van der Waals surface area contributed by atoms with Crippen LogP contribution in [0.1, 0.15) is 10.7 Å². The zero-order valence-corrected chi connectivity index (χ0v) is 10.0. The molecule has 2 aromatic rings. The number of nitrogens with two attached hydrogens (primary N) is 1. The molecule has 0 spiro atoms. The van der Waals surface area contributed by atoms with Crippen LogP contribution in [0.2, 0.25) is 0 Å². The summed E-state index contributed by atoms with van der Waals surface area (Å²) in [5.41, 5.74) is 7.13. The van der Waals surface area contributed by atoms with Crippen LogP contribution in [0.5, 0.6) is 0 Å². The van der Waals surface area contributed by atoms with Gasteiger partial charge in [0.05, 0.1) is 35.3 Å². The van der Waals surface area contributed by atoms with Crippen LogP contribution in [0, 0.1) is 6.92 Å². The summed E-state index contributed by atoms with van der Waals surface area (Å²) in [5.74, 6) is 0.653. The molecule has 0 aliphatic rings. The lowest BCUT2D eigenvalue weighted by molar-refractivity contribution is 0.845. The van der Waals surface area contributed by atoms with Gasteiger partial charge in [0.1, 0.15) is 0 Å². The fourth-order valence-corrected chi connectivity index (χ4v) is 1.93. The number of nitrogens with zero attached hydrogens (tertiary/aromatic N) is 4. The molecule has 16 heavy (non-hydrogen) atoms. The molecule has 2 N–H and O–H groups in total. The largest absolute Gasteiger partial charge is 0.396 e. The quantitative estimate of drug-likeness (QED) is 0.872. The van der Waals surface area contributed by atoms with Crippen molar-refractivity contribution in [3.8, 4) is 0 Å². The molecule has 2 heterocycles. The summed E-state index contributed by atoms with van der Waals surface area (Å²) in [6.07, 6.45) is 3.20. The first-order chi connectivity index (χ1) is 7.65. The lowest BCUT2D eigenvalue weighted by atomic mass is 10.4. The van der Waals surface area contributed by atoms with Crippen molar-refractivity contribution in [1.29, 1.82) is 0 Å². The van der Waals surface area contributed by atoms with E-state index in [1.807, 2.05) is 24.3 Å². The first kappa shape index (κ1) is 10.8. The molecule has 0 saturated carbocycles. The lowest BCUT2D eigenvalue weighted by Gasteiger charge is -2.15. The van der Waals surface area contributed by atoms with Gasteiger partial charge < -0.3 is 10.6 Å². The second-order valence-electron chi connectivity index (χ2n) is 3.53. The van der Waals surface area contributed by atoms with Crippen LogP contribution < -0.4 is 10.6 Å². The maximum Gasteiger partial charge on any atom is 0.225 e. The van der Waals surface area contributed by atoms with Crippen molar-refractivity contribution in [2.45, 2.75) is 13.5 Å². The molecule has 0 atom stereocenters. The Morgan fingerprint density at radius 3 is 2.62 bits per heavy atom. The van der Waals surface area contributed by atoms with Crippen molar-refractivity contribution in [3.63, 3.8) is 0 Å². The Morgan fingerprint density at radius 2 is 2.06 bits per heavy atom. The summed E-state index contributed by atoms with van der Waals surface area (Å²) in [4.78, 5) is 14.6. The van der Waals surface area contributed by atoms with Crippen molar-refractivity contribution < 1.29 is 0 Å². The Balaban J connectivity index is 2.08. The number of anilines is 2. The summed E-state index contributed by atoms with van der Waals surface area (Å²) in [7, 11) is 1.93. The highest BCUT2D eigenvalue weighted by Crippen LogP contribution is 2.13. The number of thiazole rings is 1. The molecule has 0 bridgehead atoms. The first-order valence-corrected chi connectivity index (χ1v) is 5.73. The molecule has 0 aromatic carbocycles. The third kappa shape index (κ3) is 2.46. The van der Waals surface area contributed by atoms with Gasteiger partial charge in [-0.15, -0.1) is 11.3 Å². The Bertz CT molecular complexity index is 464. The number of hydrogen-bond acceptors (Lipinski definition) is 6. The maximum atomic E-state index is 5.53. The zero-order valence-electron chi connectivity index (χ0n) is 9.21. The summed E-state index contributed by atoms with van der Waals surface area (Å²) in [5, 5.41) is 3.12. The van der Waals surface area contributed by atoms with Gasteiger partial charge in [0, 0.05) is 12.4 Å². The summed E-state index contributed by atoms with van der Waals surface area (Å²) in [6, 6.07) is 0. The Labute approximate surface area is 98.0 Å². The average molecular weight is 235 g/mol. The molecule has 0 radical (unpaired) electrons. The molecule has 2 aromatic heterocycles. The van der Waals surface area contributed by atoms with Crippen LogP contribution in [0.15, 0.2) is 17.8 Å². The maximum absolute atomic E-state index is 5.53. The van der Waals surface area contributed by atoms with Gasteiger partial charge >= 0.3 is 0 Å². The summed E-state index contributed by atoms with van der Waals surface area (Å²) >= 11 is 1.65. The molecule has 5 nitrogen and oxygen atoms in total. The van der Waals surface area contributed by atoms with E-state index in [0.717, 1.165) is 10.7 Å². The van der Waals surface area contributed by atoms with E-state index in [4.69, 9.17) is 5.73 Å². The number of aromatic nitrogens is 3. The van der Waals surface area contributed by atoms with E-state index in [2.05, 4.69) is 15.0 Å². The first-order valence-electron chi connectivity index (χ1n) is 4.85. The smallest absolute Gasteiger partial charge is 0.225 e. The minimum atomic E-state index is 0.571. The monoisotopic (exact) mass is 235 g/mol. The summed E-state index contributed by atoms with van der Waals surface area (Å²) < 4.78 is 0. The molecule has 0 unspecified atom stereocenters. The van der Waals surface area contributed by atoms with Crippen molar-refractivity contribution >= 4 is 23.0 Å². The van der Waals surface area contributed by atoms with Gasteiger partial charge in [0.2, 0.25) is 5.95 Å². The Kier molecular flexibility index (Phi) is 3.00. The number of hydrogen-bond donors (Lipinski definition) is 1. The van der Waals surface area contributed by atoms with E-state index in [9.17, 15) is 0 Å². The predicted molar refractivity (Wildman–Crippen MR) is 65.4 cm³/mol. The minimum absolute atomic E-state index is 0.571. The molecular weight excluding hydrogens is 222 g/mol. The SMILES string of the molecule is Cc1nc(CN(C)c2ncc(N)cn2)cs1. The molecule has 6 heteroatoms. The lowest BCUT2D eigenvalue weighted by Crippen LogP contribution is -2.19. The fraction of sp³-hybridized carbons (Fsp3) is 0.300. The highest BCUT2D eigenvalue weighted by atomic mass is 32.1. The van der Waals surface area contributed by atoms with E-state index in [1.54, 1.807) is 23.7 Å². The van der Waals surface area contributed by atoms with Gasteiger partial charge in [-0.05, 0) is 6.92 Å². The number of aryl methyl sites for hydroxylation is 1. The van der Waals surface area contributed by atoms with Crippen molar-refractivity contribution in [2.75, 3.05) is 17.7 Å². The topological polar surface area (TPSA) is 67.9 Å². The molecule has 2 rings (SSSR count). The Hall–Kier alpha value is -1.69. The van der Waals surface area contributed by atoms with Crippen LogP contribution >= 0.6 is 11.3 Å². The Morgan fingerprint density at radius 1 is 1.38 bits per heavy atom. The zero-order chi connectivity index (χ0) is 11.5. The molecule has 0 amide bonds. The second kappa shape index (κ2) is 4.44. The molecule has 84 valence electrons. The van der Waals surface area contributed by atoms with Crippen LogP contribution in [0.4, 0.5) is 11.6 Å². The van der Waals surface area contributed by atoms with Crippen molar-refractivity contribution in [1.82, 2.24) is 15.0 Å². The molecule has 0 aliphatic heterocycles. The number of rotatable bonds is 3. The average Bonchev–Trinajstić information content (AvgIpc) is 2.65. The van der Waals surface area contributed by atoms with Gasteiger partial charge in [-0.25, -0.2) is 15.0 Å². The number of nitrogen functional groups attached to an aromatic ring is 1. The van der Waals surface area contributed by atoms with Crippen LogP contribution in [0.25, 0.3) is 0 Å². The molecule has 0 aliphatic carbocycles. The summed E-state index contributed by atoms with van der Waals surface area (Å²) in [6.45, 7) is 2.70. The van der Waals surface area contributed by atoms with Gasteiger partial charge in [0.15, 0.2) is 0 Å². The van der Waals surface area contributed by atoms with E-state index in [1.165, 1.54) is 0 Å². The normalized spacial score (nSPS) is 10.4. The third-order valence-electron chi connectivity index (χ3n) is 2.07. The van der Waals surface area contributed by atoms with E-state index in [-0.39, 0.29) is 0 Å². The van der Waals surface area contributed by atoms with E-state index < -0.39 is 0 Å². The van der Waals surface area contributed by atoms with Gasteiger partial charge in [-0.2, -0.15) is 0 Å². The van der Waals surface area contributed by atoms with Gasteiger partial charge in [0.25, 0.3) is 0 Å². The van der Waals surface area contributed by atoms with Crippen LogP contribution in [-0.2, 0) is 6.54 Å². The van der Waals surface area contributed by atoms with E-state index in [0.29, 0.717) is 18.2 Å². The fourth-order valence-electron chi connectivity index (χ4n) is 1.32. The van der Waals surface area contributed by atoms with Crippen LogP contribution in [-0.4, -0.2) is 22.0 Å².